The van der Waals surface area contributed by atoms with Crippen LogP contribution in [0.3, 0.4) is 0 Å². The van der Waals surface area contributed by atoms with Crippen LogP contribution in [0.25, 0.3) is 0 Å². The van der Waals surface area contributed by atoms with E-state index in [4.69, 9.17) is 23.8 Å². The molecule has 2 rings (SSSR count). The molecule has 0 aliphatic heterocycles. The topological polar surface area (TPSA) is 131 Å². The number of phenols is 3. The summed E-state index contributed by atoms with van der Waals surface area (Å²) in [6, 6.07) is 8.22. The largest absolute Gasteiger partial charge is 0.504 e. The molecule has 0 spiro atoms. The summed E-state index contributed by atoms with van der Waals surface area (Å²) in [5.74, 6) is -3.43. The number of nitrogens with one attached hydrogen (secondary N) is 3. The number of hydrogen-bond acceptors (Lipinski definition) is 6. The predicted molar refractivity (Wildman–Crippen MR) is 93.6 cm³/mol. The Bertz CT molecular complexity index is 836. The summed E-state index contributed by atoms with van der Waals surface area (Å²) in [6.07, 6.45) is 0. The third-order valence-electron chi connectivity index (χ3n) is 2.97. The molecule has 0 aromatic heterocycles. The van der Waals surface area contributed by atoms with Gasteiger partial charge in [-0.3, -0.25) is 25.8 Å². The first-order valence-electron chi connectivity index (χ1n) is 6.70. The normalized spacial score (nSPS) is 9.96. The molecule has 0 aliphatic carbocycles. The molecule has 0 saturated heterocycles. The Balaban J connectivity index is 1.95. The molecule has 0 aliphatic rings. The zero-order valence-corrected chi connectivity index (χ0v) is 14.0. The van der Waals surface area contributed by atoms with E-state index in [9.17, 15) is 24.9 Å². The molecule has 10 heteroatoms. The summed E-state index contributed by atoms with van der Waals surface area (Å²) < 4.78 is 0. The van der Waals surface area contributed by atoms with Crippen molar-refractivity contribution >= 4 is 40.7 Å². The molecule has 0 unspecified atom stereocenters. The van der Waals surface area contributed by atoms with Crippen molar-refractivity contribution in [2.45, 2.75) is 0 Å². The Morgan fingerprint density at radius 3 is 2.16 bits per heavy atom. The van der Waals surface area contributed by atoms with E-state index in [0.29, 0.717) is 0 Å². The summed E-state index contributed by atoms with van der Waals surface area (Å²) in [7, 11) is 0. The predicted octanol–water partition coefficient (Wildman–Crippen LogP) is 1.41. The SMILES string of the molecule is O=C(NNC(=S)NC(=O)c1ccccc1Cl)c1cc(O)c(O)c(O)c1. The van der Waals surface area contributed by atoms with Crippen LogP contribution in [0.4, 0.5) is 0 Å². The number of thiocarbonyl (C=S) groups is 1. The van der Waals surface area contributed by atoms with Gasteiger partial charge in [0, 0.05) is 5.56 Å². The van der Waals surface area contributed by atoms with Crippen LogP contribution < -0.4 is 16.2 Å². The van der Waals surface area contributed by atoms with E-state index >= 15 is 0 Å². The molecule has 0 saturated carbocycles. The number of amides is 2. The molecule has 2 aromatic carbocycles. The second kappa shape index (κ2) is 7.69. The highest BCUT2D eigenvalue weighted by molar-refractivity contribution is 7.80. The van der Waals surface area contributed by atoms with Gasteiger partial charge in [0.2, 0.25) is 0 Å². The summed E-state index contributed by atoms with van der Waals surface area (Å²) in [5.41, 5.74) is 4.50. The fourth-order valence-electron chi connectivity index (χ4n) is 1.77. The van der Waals surface area contributed by atoms with Crippen molar-refractivity contribution in [3.63, 3.8) is 0 Å². The van der Waals surface area contributed by atoms with Gasteiger partial charge >= 0.3 is 0 Å². The molecule has 0 heterocycles. The fourth-order valence-corrected chi connectivity index (χ4v) is 2.13. The van der Waals surface area contributed by atoms with E-state index in [2.05, 4.69) is 16.2 Å². The van der Waals surface area contributed by atoms with Gasteiger partial charge in [-0.05, 0) is 36.5 Å². The Kier molecular flexibility index (Phi) is 5.63. The van der Waals surface area contributed by atoms with Crippen molar-refractivity contribution in [2.75, 3.05) is 0 Å². The van der Waals surface area contributed by atoms with Gasteiger partial charge in [0.1, 0.15) is 0 Å². The minimum atomic E-state index is -0.778. The van der Waals surface area contributed by atoms with Gasteiger partial charge in [0.05, 0.1) is 10.6 Å². The van der Waals surface area contributed by atoms with Gasteiger partial charge in [0.15, 0.2) is 22.4 Å². The Hall–Kier alpha value is -3.04. The lowest BCUT2D eigenvalue weighted by molar-refractivity contribution is 0.0934. The molecule has 25 heavy (non-hydrogen) atoms. The third-order valence-corrected chi connectivity index (χ3v) is 3.50. The van der Waals surface area contributed by atoms with Gasteiger partial charge in [-0.1, -0.05) is 23.7 Å². The molecule has 6 N–H and O–H groups in total. The summed E-state index contributed by atoms with van der Waals surface area (Å²) >= 11 is 10.8. The van der Waals surface area contributed by atoms with Crippen molar-refractivity contribution in [1.82, 2.24) is 16.2 Å². The van der Waals surface area contributed by atoms with Crippen LogP contribution >= 0.6 is 23.8 Å². The number of carbonyl (C=O) groups is 2. The number of hydrazine groups is 1. The van der Waals surface area contributed by atoms with Gasteiger partial charge < -0.3 is 15.3 Å². The average Bonchev–Trinajstić information content (AvgIpc) is 2.57. The summed E-state index contributed by atoms with van der Waals surface area (Å²) in [5, 5.41) is 30.3. The Morgan fingerprint density at radius 2 is 1.56 bits per heavy atom. The minimum absolute atomic E-state index is 0.152. The minimum Gasteiger partial charge on any atom is -0.504 e. The number of aromatic hydroxyl groups is 3. The van der Waals surface area contributed by atoms with Crippen LogP contribution in [0.1, 0.15) is 20.7 Å². The van der Waals surface area contributed by atoms with Crippen molar-refractivity contribution in [1.29, 1.82) is 0 Å². The summed E-state index contributed by atoms with van der Waals surface area (Å²) in [4.78, 5) is 23.9. The molecule has 0 atom stereocenters. The highest BCUT2D eigenvalue weighted by Crippen LogP contribution is 2.35. The van der Waals surface area contributed by atoms with Crippen molar-refractivity contribution in [2.24, 2.45) is 0 Å². The molecule has 0 bridgehead atoms. The smallest absolute Gasteiger partial charge is 0.269 e. The van der Waals surface area contributed by atoms with E-state index in [1.165, 1.54) is 6.07 Å². The van der Waals surface area contributed by atoms with Crippen LogP contribution in [0, 0.1) is 0 Å². The molecular weight excluding hydrogens is 370 g/mol. The summed E-state index contributed by atoms with van der Waals surface area (Å²) in [6.45, 7) is 0. The molecular formula is C15H12ClN3O5S. The van der Waals surface area contributed by atoms with Gasteiger partial charge in [-0.2, -0.15) is 0 Å². The lowest BCUT2D eigenvalue weighted by Crippen LogP contribution is -2.48. The number of hydrogen-bond donors (Lipinski definition) is 6. The zero-order valence-electron chi connectivity index (χ0n) is 12.4. The fraction of sp³-hybridized carbons (Fsp3) is 0. The number of halogens is 1. The van der Waals surface area contributed by atoms with Crippen molar-refractivity contribution < 1.29 is 24.9 Å². The molecule has 2 amide bonds. The molecule has 8 nitrogen and oxygen atoms in total. The standard InChI is InChI=1S/C15H12ClN3O5S/c16-9-4-2-1-3-8(9)14(24)17-15(25)19-18-13(23)7-5-10(20)12(22)11(21)6-7/h1-6,20-22H,(H,18,23)(H2,17,19,24,25). The van der Waals surface area contributed by atoms with Crippen LogP contribution in [-0.4, -0.2) is 32.2 Å². The zero-order chi connectivity index (χ0) is 18.6. The maximum Gasteiger partial charge on any atom is 0.269 e. The quantitative estimate of drug-likeness (QED) is 0.263. The van der Waals surface area contributed by atoms with E-state index < -0.39 is 29.1 Å². The van der Waals surface area contributed by atoms with E-state index in [1.54, 1.807) is 18.2 Å². The molecule has 2 aromatic rings. The van der Waals surface area contributed by atoms with Gasteiger partial charge in [0.25, 0.3) is 11.8 Å². The first-order chi connectivity index (χ1) is 11.8. The second-order valence-electron chi connectivity index (χ2n) is 4.71. The average molecular weight is 382 g/mol. The van der Waals surface area contributed by atoms with Crippen molar-refractivity contribution in [3.05, 3.63) is 52.5 Å². The lowest BCUT2D eigenvalue weighted by atomic mass is 10.2. The third kappa shape index (κ3) is 4.49. The second-order valence-corrected chi connectivity index (χ2v) is 5.52. The van der Waals surface area contributed by atoms with Gasteiger partial charge in [-0.25, -0.2) is 0 Å². The van der Waals surface area contributed by atoms with E-state index in [1.807, 2.05) is 0 Å². The van der Waals surface area contributed by atoms with Crippen LogP contribution in [0.15, 0.2) is 36.4 Å². The van der Waals surface area contributed by atoms with Crippen molar-refractivity contribution in [3.8, 4) is 17.2 Å². The first-order valence-corrected chi connectivity index (χ1v) is 7.49. The highest BCUT2D eigenvalue weighted by atomic mass is 35.5. The molecule has 0 radical (unpaired) electrons. The highest BCUT2D eigenvalue weighted by Gasteiger charge is 2.15. The Morgan fingerprint density at radius 1 is 0.960 bits per heavy atom. The maximum atomic E-state index is 12.0. The van der Waals surface area contributed by atoms with Crippen LogP contribution in [0.5, 0.6) is 17.2 Å². The molecule has 0 fully saturated rings. The molecule has 130 valence electrons. The number of carbonyl (C=O) groups excluding carboxylic acids is 2. The number of benzene rings is 2. The lowest BCUT2D eigenvalue weighted by Gasteiger charge is -2.12. The van der Waals surface area contributed by atoms with Crippen LogP contribution in [0.2, 0.25) is 5.02 Å². The maximum absolute atomic E-state index is 12.0. The number of rotatable bonds is 2. The number of phenolic OH excluding ortho intramolecular Hbond substituents is 3. The van der Waals surface area contributed by atoms with Crippen LogP contribution in [-0.2, 0) is 0 Å². The van der Waals surface area contributed by atoms with E-state index in [0.717, 1.165) is 12.1 Å². The van der Waals surface area contributed by atoms with E-state index in [-0.39, 0.29) is 21.3 Å². The Labute approximate surface area is 152 Å². The monoisotopic (exact) mass is 381 g/mol. The van der Waals surface area contributed by atoms with Gasteiger partial charge in [-0.15, -0.1) is 0 Å². The first kappa shape index (κ1) is 18.3.